The molecule has 2 rings (SSSR count). The van der Waals surface area contributed by atoms with E-state index in [-0.39, 0.29) is 29.0 Å². The quantitative estimate of drug-likeness (QED) is 0.801. The second kappa shape index (κ2) is 8.23. The van der Waals surface area contributed by atoms with Gasteiger partial charge in [-0.05, 0) is 49.6 Å². The highest BCUT2D eigenvalue weighted by atomic mass is 35.5. The molecule has 1 saturated carbocycles. The Morgan fingerprint density at radius 2 is 1.91 bits per heavy atom. The van der Waals surface area contributed by atoms with E-state index in [0.717, 1.165) is 24.9 Å². The minimum atomic E-state index is 0. The van der Waals surface area contributed by atoms with Gasteiger partial charge < -0.3 is 11.1 Å². The van der Waals surface area contributed by atoms with Crippen LogP contribution in [0.3, 0.4) is 0 Å². The van der Waals surface area contributed by atoms with Gasteiger partial charge in [0.25, 0.3) is 0 Å². The minimum absolute atomic E-state index is 0. The smallest absolute Gasteiger partial charge is 0.227 e. The van der Waals surface area contributed by atoms with Crippen LogP contribution < -0.4 is 11.1 Å². The van der Waals surface area contributed by atoms with Gasteiger partial charge in [0.1, 0.15) is 0 Å². The van der Waals surface area contributed by atoms with Crippen molar-refractivity contribution >= 4 is 35.8 Å². The van der Waals surface area contributed by atoms with Crippen LogP contribution in [0.15, 0.2) is 29.2 Å². The van der Waals surface area contributed by atoms with Crippen LogP contribution >= 0.6 is 24.2 Å². The molecule has 124 valence electrons. The lowest BCUT2D eigenvalue weighted by Crippen LogP contribution is -2.29. The molecule has 5 heteroatoms. The summed E-state index contributed by atoms with van der Waals surface area (Å²) in [5, 5.41) is 3.03. The van der Waals surface area contributed by atoms with Crippen LogP contribution in [-0.2, 0) is 4.79 Å². The number of carbonyl (C=O) groups excluding carboxylic acids is 1. The highest BCUT2D eigenvalue weighted by Gasteiger charge is 2.31. The summed E-state index contributed by atoms with van der Waals surface area (Å²) in [4.78, 5) is 13.5. The molecule has 0 heterocycles. The molecule has 1 aliphatic carbocycles. The molecule has 0 saturated heterocycles. The van der Waals surface area contributed by atoms with Crippen molar-refractivity contribution in [2.75, 3.05) is 11.9 Å². The molecule has 1 aromatic carbocycles. The Kier molecular flexibility index (Phi) is 7.23. The molecular formula is C17H27ClN2OS. The van der Waals surface area contributed by atoms with Gasteiger partial charge >= 0.3 is 0 Å². The molecule has 1 fully saturated rings. The first-order valence-corrected chi connectivity index (χ1v) is 8.51. The summed E-state index contributed by atoms with van der Waals surface area (Å²) in [5.41, 5.74) is 6.63. The number of nitrogens with two attached hydrogens (primary N) is 1. The molecule has 22 heavy (non-hydrogen) atoms. The monoisotopic (exact) mass is 342 g/mol. The lowest BCUT2D eigenvalue weighted by Gasteiger charge is -2.19. The topological polar surface area (TPSA) is 55.1 Å². The van der Waals surface area contributed by atoms with E-state index in [1.807, 2.05) is 23.9 Å². The summed E-state index contributed by atoms with van der Waals surface area (Å²) in [7, 11) is 0. The fourth-order valence-electron chi connectivity index (χ4n) is 2.86. The van der Waals surface area contributed by atoms with Crippen molar-refractivity contribution in [3.8, 4) is 0 Å². The Hall–Kier alpha value is -0.710. The van der Waals surface area contributed by atoms with Crippen LogP contribution in [0.1, 0.15) is 40.0 Å². The first kappa shape index (κ1) is 19.3. The summed E-state index contributed by atoms with van der Waals surface area (Å²) in [6.07, 6.45) is 3.16. The Bertz CT molecular complexity index is 484. The standard InChI is InChI=1S/C17H26N2OS.ClH/c1-17(2,3)21-14-9-7-13(8-10-14)19-16(20)15-6-4-5-12(15)11-18;/h7-10,12,15H,4-6,11,18H2,1-3H3,(H,19,20);1H/t12-,15-;/m1./s1. The number of halogens is 1. The van der Waals surface area contributed by atoms with Crippen molar-refractivity contribution in [2.45, 2.75) is 49.7 Å². The van der Waals surface area contributed by atoms with Crippen molar-refractivity contribution in [3.63, 3.8) is 0 Å². The van der Waals surface area contributed by atoms with E-state index in [9.17, 15) is 4.79 Å². The lowest BCUT2D eigenvalue weighted by atomic mass is 9.95. The predicted molar refractivity (Wildman–Crippen MR) is 97.8 cm³/mol. The third-order valence-electron chi connectivity index (χ3n) is 3.84. The summed E-state index contributed by atoms with van der Waals surface area (Å²) in [5.74, 6) is 0.554. The van der Waals surface area contributed by atoms with Gasteiger partial charge in [0.15, 0.2) is 0 Å². The highest BCUT2D eigenvalue weighted by molar-refractivity contribution is 8.00. The third-order valence-corrected chi connectivity index (χ3v) is 4.96. The number of hydrogen-bond acceptors (Lipinski definition) is 3. The third kappa shape index (κ3) is 5.49. The van der Waals surface area contributed by atoms with Crippen molar-refractivity contribution in [1.29, 1.82) is 0 Å². The molecule has 1 amide bonds. The maximum atomic E-state index is 12.3. The molecule has 3 nitrogen and oxygen atoms in total. The van der Waals surface area contributed by atoms with Gasteiger partial charge in [-0.1, -0.05) is 27.2 Å². The molecule has 0 aromatic heterocycles. The van der Waals surface area contributed by atoms with Crippen LogP contribution in [0.4, 0.5) is 5.69 Å². The second-order valence-electron chi connectivity index (χ2n) is 6.76. The van der Waals surface area contributed by atoms with Crippen molar-refractivity contribution in [2.24, 2.45) is 17.6 Å². The van der Waals surface area contributed by atoms with Gasteiger partial charge in [0.05, 0.1) is 0 Å². The van der Waals surface area contributed by atoms with E-state index in [2.05, 4.69) is 38.2 Å². The van der Waals surface area contributed by atoms with E-state index in [1.165, 1.54) is 4.90 Å². The van der Waals surface area contributed by atoms with Gasteiger partial charge in [0.2, 0.25) is 5.91 Å². The zero-order valence-corrected chi connectivity index (χ0v) is 15.2. The predicted octanol–water partition coefficient (Wildman–Crippen LogP) is 4.31. The summed E-state index contributed by atoms with van der Waals surface area (Å²) in [6.45, 7) is 7.19. The first-order valence-electron chi connectivity index (χ1n) is 7.69. The van der Waals surface area contributed by atoms with Crippen LogP contribution in [0.5, 0.6) is 0 Å². The van der Waals surface area contributed by atoms with Gasteiger partial charge in [-0.15, -0.1) is 24.2 Å². The molecule has 0 radical (unpaired) electrons. The molecule has 0 bridgehead atoms. The highest BCUT2D eigenvalue weighted by Crippen LogP contribution is 2.33. The van der Waals surface area contributed by atoms with E-state index in [4.69, 9.17) is 5.73 Å². The Balaban J connectivity index is 0.00000242. The number of nitrogens with one attached hydrogen (secondary N) is 1. The Morgan fingerprint density at radius 3 is 2.45 bits per heavy atom. The molecule has 0 spiro atoms. The average molecular weight is 343 g/mol. The van der Waals surface area contributed by atoms with Gasteiger partial charge in [-0.2, -0.15) is 0 Å². The number of thioether (sulfide) groups is 1. The van der Waals surface area contributed by atoms with Gasteiger partial charge in [-0.3, -0.25) is 4.79 Å². The zero-order valence-electron chi connectivity index (χ0n) is 13.6. The maximum absolute atomic E-state index is 12.3. The largest absolute Gasteiger partial charge is 0.330 e. The lowest BCUT2D eigenvalue weighted by molar-refractivity contribution is -0.120. The van der Waals surface area contributed by atoms with Crippen molar-refractivity contribution in [3.05, 3.63) is 24.3 Å². The number of anilines is 1. The zero-order chi connectivity index (χ0) is 15.5. The number of amides is 1. The second-order valence-corrected chi connectivity index (χ2v) is 8.66. The summed E-state index contributed by atoms with van der Waals surface area (Å²) >= 11 is 1.83. The van der Waals surface area contributed by atoms with Crippen LogP contribution in [0.2, 0.25) is 0 Å². The molecule has 1 aliphatic rings. The minimum Gasteiger partial charge on any atom is -0.330 e. The Morgan fingerprint density at radius 1 is 1.27 bits per heavy atom. The SMILES string of the molecule is CC(C)(C)Sc1ccc(NC(=O)[C@@H]2CCC[C@@H]2CN)cc1.Cl. The summed E-state index contributed by atoms with van der Waals surface area (Å²) < 4.78 is 0.197. The van der Waals surface area contributed by atoms with Crippen LogP contribution in [0.25, 0.3) is 0 Å². The molecule has 0 unspecified atom stereocenters. The van der Waals surface area contributed by atoms with Gasteiger partial charge in [-0.25, -0.2) is 0 Å². The molecular weight excluding hydrogens is 316 g/mol. The molecule has 2 atom stereocenters. The van der Waals surface area contributed by atoms with Crippen LogP contribution in [0, 0.1) is 11.8 Å². The number of rotatable bonds is 4. The van der Waals surface area contributed by atoms with E-state index in [1.54, 1.807) is 0 Å². The number of hydrogen-bond donors (Lipinski definition) is 2. The normalized spacial score (nSPS) is 21.3. The summed E-state index contributed by atoms with van der Waals surface area (Å²) in [6, 6.07) is 8.11. The van der Waals surface area contributed by atoms with E-state index in [0.29, 0.717) is 12.5 Å². The van der Waals surface area contributed by atoms with E-state index >= 15 is 0 Å². The Labute approximate surface area is 144 Å². The van der Waals surface area contributed by atoms with E-state index < -0.39 is 0 Å². The fourth-order valence-corrected chi connectivity index (χ4v) is 3.84. The number of benzene rings is 1. The van der Waals surface area contributed by atoms with Gasteiger partial charge in [0, 0.05) is 21.2 Å². The maximum Gasteiger partial charge on any atom is 0.227 e. The average Bonchev–Trinajstić information content (AvgIpc) is 2.87. The fraction of sp³-hybridized carbons (Fsp3) is 0.588. The van der Waals surface area contributed by atoms with Crippen molar-refractivity contribution < 1.29 is 4.79 Å². The molecule has 0 aliphatic heterocycles. The number of carbonyl (C=O) groups is 1. The molecule has 1 aromatic rings. The van der Waals surface area contributed by atoms with Crippen molar-refractivity contribution in [1.82, 2.24) is 0 Å². The molecule has 3 N–H and O–H groups in total. The first-order chi connectivity index (χ1) is 9.89. The van der Waals surface area contributed by atoms with Crippen LogP contribution in [-0.4, -0.2) is 17.2 Å².